The number of para-hydroxylation sites is 1. The number of anilines is 1. The van der Waals surface area contributed by atoms with Crippen LogP contribution in [0.5, 0.6) is 0 Å². The van der Waals surface area contributed by atoms with Gasteiger partial charge in [-0.3, -0.25) is 15.0 Å². The van der Waals surface area contributed by atoms with Gasteiger partial charge in [0.05, 0.1) is 5.69 Å². The third kappa shape index (κ3) is 3.81. The maximum Gasteiger partial charge on any atom is 0.282 e. The molecule has 0 aromatic heterocycles. The van der Waals surface area contributed by atoms with Gasteiger partial charge in [0.25, 0.3) is 11.8 Å². The lowest BCUT2D eigenvalue weighted by molar-refractivity contribution is -0.117. The molecule has 2 amide bonds. The van der Waals surface area contributed by atoms with Crippen molar-refractivity contribution in [1.82, 2.24) is 5.43 Å². The first-order valence-corrected chi connectivity index (χ1v) is 9.76. The van der Waals surface area contributed by atoms with E-state index in [1.165, 1.54) is 5.01 Å². The number of rotatable bonds is 4. The molecule has 0 saturated carbocycles. The molecule has 1 fully saturated rings. The largest absolute Gasteiger partial charge is 0.282 e. The third-order valence-corrected chi connectivity index (χ3v) is 5.52. The molecule has 0 atom stereocenters. The predicted octanol–water partition coefficient (Wildman–Crippen LogP) is 4.95. The highest BCUT2D eigenvalue weighted by atomic mass is 35.5. The van der Waals surface area contributed by atoms with E-state index in [0.717, 1.165) is 15.4 Å². The van der Waals surface area contributed by atoms with Gasteiger partial charge in [0.2, 0.25) is 0 Å². The number of hydrogen-bond acceptors (Lipinski definition) is 3. The van der Waals surface area contributed by atoms with E-state index in [9.17, 15) is 9.59 Å². The molecule has 0 aliphatic carbocycles. The van der Waals surface area contributed by atoms with Crippen LogP contribution in [0.4, 0.5) is 5.69 Å². The summed E-state index contributed by atoms with van der Waals surface area (Å²) in [5.74, 6) is -0.789. The Morgan fingerprint density at radius 2 is 1.54 bits per heavy atom. The van der Waals surface area contributed by atoms with Gasteiger partial charge in [-0.2, -0.15) is 0 Å². The fourth-order valence-corrected chi connectivity index (χ4v) is 3.84. The molecule has 3 aromatic rings. The normalized spacial score (nSPS) is 15.2. The van der Waals surface area contributed by atoms with E-state index in [0.29, 0.717) is 10.7 Å². The maximum absolute atomic E-state index is 12.8. The van der Waals surface area contributed by atoms with Crippen molar-refractivity contribution in [3.8, 4) is 0 Å². The smallest absolute Gasteiger partial charge is 0.267 e. The Morgan fingerprint density at radius 3 is 2.29 bits per heavy atom. The second-order valence-corrected chi connectivity index (χ2v) is 7.62. The van der Waals surface area contributed by atoms with Crippen molar-refractivity contribution in [1.29, 1.82) is 0 Å². The van der Waals surface area contributed by atoms with Crippen LogP contribution in [0.2, 0.25) is 5.02 Å². The van der Waals surface area contributed by atoms with Crippen molar-refractivity contribution < 1.29 is 9.59 Å². The van der Waals surface area contributed by atoms with E-state index in [4.69, 9.17) is 11.6 Å². The van der Waals surface area contributed by atoms with E-state index >= 15 is 0 Å². The van der Waals surface area contributed by atoms with Crippen LogP contribution in [0.25, 0.3) is 6.08 Å². The van der Waals surface area contributed by atoms with Crippen LogP contribution in [0.3, 0.4) is 0 Å². The predicted molar refractivity (Wildman–Crippen MR) is 112 cm³/mol. The molecule has 138 valence electrons. The molecule has 1 saturated heterocycles. The first-order chi connectivity index (χ1) is 13.6. The zero-order valence-corrected chi connectivity index (χ0v) is 16.2. The van der Waals surface area contributed by atoms with Gasteiger partial charge < -0.3 is 0 Å². The molecule has 6 heteroatoms. The molecule has 3 aromatic carbocycles. The second-order valence-electron chi connectivity index (χ2n) is 6.07. The Hall–Kier alpha value is -3.02. The van der Waals surface area contributed by atoms with Crippen LogP contribution in [0.1, 0.15) is 5.56 Å². The van der Waals surface area contributed by atoms with Gasteiger partial charge in [0.1, 0.15) is 5.57 Å². The maximum atomic E-state index is 12.8. The monoisotopic (exact) mass is 406 g/mol. The number of halogens is 1. The lowest BCUT2D eigenvalue weighted by Crippen LogP contribution is -2.35. The van der Waals surface area contributed by atoms with Crippen molar-refractivity contribution in [3.63, 3.8) is 0 Å². The van der Waals surface area contributed by atoms with Crippen molar-refractivity contribution in [2.24, 2.45) is 0 Å². The first-order valence-electron chi connectivity index (χ1n) is 8.56. The minimum absolute atomic E-state index is 0.105. The van der Waals surface area contributed by atoms with Crippen molar-refractivity contribution in [3.05, 3.63) is 95.0 Å². The minimum Gasteiger partial charge on any atom is -0.267 e. The fourth-order valence-electron chi connectivity index (χ4n) is 2.79. The zero-order chi connectivity index (χ0) is 19.5. The number of nitrogens with one attached hydrogen (secondary N) is 1. The van der Waals surface area contributed by atoms with Crippen LogP contribution >= 0.6 is 23.4 Å². The molecule has 0 spiro atoms. The molecule has 0 unspecified atom stereocenters. The lowest BCUT2D eigenvalue weighted by atomic mass is 10.1. The van der Waals surface area contributed by atoms with E-state index in [-0.39, 0.29) is 11.5 Å². The van der Waals surface area contributed by atoms with Crippen LogP contribution in [-0.2, 0) is 9.59 Å². The third-order valence-electron chi connectivity index (χ3n) is 4.17. The molecule has 28 heavy (non-hydrogen) atoms. The summed E-state index contributed by atoms with van der Waals surface area (Å²) >= 11 is 7.50. The van der Waals surface area contributed by atoms with Crippen LogP contribution in [0.15, 0.2) is 94.2 Å². The molecule has 1 N–H and O–H groups in total. The quantitative estimate of drug-likeness (QED) is 0.492. The van der Waals surface area contributed by atoms with Crippen molar-refractivity contribution in [2.75, 3.05) is 5.01 Å². The highest BCUT2D eigenvalue weighted by Gasteiger charge is 2.34. The van der Waals surface area contributed by atoms with Gasteiger partial charge in [-0.1, -0.05) is 59.8 Å². The summed E-state index contributed by atoms with van der Waals surface area (Å²) in [6.07, 6.45) is 1.64. The summed E-state index contributed by atoms with van der Waals surface area (Å²) in [7, 11) is 0. The Bertz CT molecular complexity index is 1070. The van der Waals surface area contributed by atoms with Gasteiger partial charge in [0.15, 0.2) is 0 Å². The molecular formula is C22H15ClN2O2S. The standard InChI is InChI=1S/C22H15ClN2O2S/c23-16-10-12-18(13-11-16)28-20-9-5-4-6-15(20)14-19-21(26)24-25(22(19)27)17-7-2-1-3-8-17/h1-14H,(H,24,26). The average molecular weight is 407 g/mol. The molecule has 1 aliphatic rings. The topological polar surface area (TPSA) is 49.4 Å². The Morgan fingerprint density at radius 1 is 0.857 bits per heavy atom. The summed E-state index contributed by atoms with van der Waals surface area (Å²) in [4.78, 5) is 27.2. The Labute approximate surface area is 171 Å². The van der Waals surface area contributed by atoms with Crippen LogP contribution < -0.4 is 10.4 Å². The first kappa shape index (κ1) is 18.3. The van der Waals surface area contributed by atoms with E-state index in [1.54, 1.807) is 30.0 Å². The number of hydrazine groups is 1. The molecule has 4 nitrogen and oxygen atoms in total. The SMILES string of the molecule is O=C1NN(c2ccccc2)C(=O)C1=Cc1ccccc1Sc1ccc(Cl)cc1. The fraction of sp³-hybridized carbons (Fsp3) is 0. The molecule has 4 rings (SSSR count). The molecule has 1 aliphatic heterocycles. The number of nitrogens with zero attached hydrogens (tertiary/aromatic N) is 1. The Kier molecular flexibility index (Phi) is 5.19. The van der Waals surface area contributed by atoms with E-state index in [2.05, 4.69) is 5.43 Å². The average Bonchev–Trinajstić information content (AvgIpc) is 3.00. The number of carbonyl (C=O) groups excluding carboxylic acids is 2. The summed E-state index contributed by atoms with van der Waals surface area (Å²) in [6, 6.07) is 24.2. The van der Waals surface area contributed by atoms with E-state index in [1.807, 2.05) is 66.7 Å². The van der Waals surface area contributed by atoms with Gasteiger partial charge >= 0.3 is 0 Å². The number of amides is 2. The van der Waals surface area contributed by atoms with Crippen LogP contribution in [-0.4, -0.2) is 11.8 Å². The molecular weight excluding hydrogens is 392 g/mol. The van der Waals surface area contributed by atoms with Gasteiger partial charge in [-0.25, -0.2) is 5.01 Å². The zero-order valence-electron chi connectivity index (χ0n) is 14.6. The Balaban J connectivity index is 1.65. The van der Waals surface area contributed by atoms with Gasteiger partial charge in [0, 0.05) is 14.8 Å². The number of hydrogen-bond donors (Lipinski definition) is 1. The van der Waals surface area contributed by atoms with Crippen molar-refractivity contribution in [2.45, 2.75) is 9.79 Å². The minimum atomic E-state index is -0.417. The molecule has 0 radical (unpaired) electrons. The summed E-state index contributed by atoms with van der Waals surface area (Å²) in [5.41, 5.74) is 4.15. The van der Waals surface area contributed by atoms with E-state index < -0.39 is 5.91 Å². The summed E-state index contributed by atoms with van der Waals surface area (Å²) in [6.45, 7) is 0. The van der Waals surface area contributed by atoms with Crippen LogP contribution in [0, 0.1) is 0 Å². The number of carbonyl (C=O) groups is 2. The lowest BCUT2D eigenvalue weighted by Gasteiger charge is -2.13. The number of benzene rings is 3. The van der Waals surface area contributed by atoms with Gasteiger partial charge in [-0.15, -0.1) is 0 Å². The molecule has 1 heterocycles. The van der Waals surface area contributed by atoms with Crippen molar-refractivity contribution >= 4 is 46.9 Å². The highest BCUT2D eigenvalue weighted by molar-refractivity contribution is 7.99. The summed E-state index contributed by atoms with van der Waals surface area (Å²) in [5, 5.41) is 1.94. The second kappa shape index (κ2) is 7.92. The van der Waals surface area contributed by atoms with Gasteiger partial charge in [-0.05, 0) is 54.1 Å². The highest BCUT2D eigenvalue weighted by Crippen LogP contribution is 2.33. The molecule has 0 bridgehead atoms. The summed E-state index contributed by atoms with van der Waals surface area (Å²) < 4.78 is 0.